The minimum Gasteiger partial charge on any atom is -0.249 e. The van der Waals surface area contributed by atoms with Gasteiger partial charge in [-0.15, -0.1) is 0 Å². The largest absolute Gasteiger partial charge is 0.417 e. The van der Waals surface area contributed by atoms with Gasteiger partial charge in [0.1, 0.15) is 3.70 Å². The molecule has 12 heavy (non-hydrogen) atoms. The van der Waals surface area contributed by atoms with Crippen molar-refractivity contribution >= 4 is 22.6 Å². The average molecular weight is 287 g/mol. The second-order valence-electron chi connectivity index (χ2n) is 2.33. The second-order valence-corrected chi connectivity index (χ2v) is 3.35. The number of nitrogens with zero attached hydrogens (tertiary/aromatic N) is 1. The lowest BCUT2D eigenvalue weighted by Crippen LogP contribution is -2.06. The Labute approximate surface area is 81.1 Å². The Bertz CT molecular complexity index is 295. The van der Waals surface area contributed by atoms with Gasteiger partial charge in [0, 0.05) is 6.20 Å². The zero-order valence-corrected chi connectivity index (χ0v) is 8.27. The number of pyridine rings is 1. The molecule has 1 rings (SSSR count). The molecule has 0 saturated heterocycles. The first-order valence-electron chi connectivity index (χ1n) is 3.10. The van der Waals surface area contributed by atoms with Gasteiger partial charge in [0.15, 0.2) is 0 Å². The fourth-order valence-electron chi connectivity index (χ4n) is 0.713. The van der Waals surface area contributed by atoms with E-state index in [2.05, 4.69) is 4.98 Å². The molecular formula is C7H5F3IN. The predicted molar refractivity (Wildman–Crippen MR) is 46.7 cm³/mol. The molecule has 0 N–H and O–H groups in total. The van der Waals surface area contributed by atoms with Crippen molar-refractivity contribution in [1.82, 2.24) is 4.98 Å². The number of aromatic nitrogens is 1. The van der Waals surface area contributed by atoms with Crippen LogP contribution in [-0.2, 0) is 6.18 Å². The van der Waals surface area contributed by atoms with Crippen LogP contribution in [-0.4, -0.2) is 4.98 Å². The molecule has 5 heteroatoms. The van der Waals surface area contributed by atoms with Crippen LogP contribution >= 0.6 is 22.6 Å². The molecule has 66 valence electrons. The van der Waals surface area contributed by atoms with Crippen molar-refractivity contribution in [3.05, 3.63) is 27.1 Å². The van der Waals surface area contributed by atoms with Gasteiger partial charge in [-0.25, -0.2) is 4.98 Å². The minimum atomic E-state index is -4.29. The highest BCUT2D eigenvalue weighted by molar-refractivity contribution is 14.1. The summed E-state index contributed by atoms with van der Waals surface area (Å²) in [7, 11) is 0. The molecule has 0 atom stereocenters. The van der Waals surface area contributed by atoms with E-state index in [1.165, 1.54) is 0 Å². The van der Waals surface area contributed by atoms with Gasteiger partial charge < -0.3 is 0 Å². The summed E-state index contributed by atoms with van der Waals surface area (Å²) >= 11 is 1.89. The highest BCUT2D eigenvalue weighted by Gasteiger charge is 2.31. The van der Waals surface area contributed by atoms with Gasteiger partial charge in [-0.1, -0.05) is 0 Å². The summed E-state index contributed by atoms with van der Waals surface area (Å²) in [5.41, 5.74) is -0.147. The highest BCUT2D eigenvalue weighted by Crippen LogP contribution is 2.29. The SMILES string of the molecule is Cc1cc(C(F)(F)F)cnc1I. The lowest BCUT2D eigenvalue weighted by molar-refractivity contribution is -0.137. The molecule has 1 heterocycles. The summed E-state index contributed by atoms with van der Waals surface area (Å²) in [6, 6.07) is 1.09. The zero-order valence-electron chi connectivity index (χ0n) is 6.11. The molecule has 0 saturated carbocycles. The molecular weight excluding hydrogens is 282 g/mol. The van der Waals surface area contributed by atoms with Crippen molar-refractivity contribution in [2.75, 3.05) is 0 Å². The third-order valence-corrected chi connectivity index (χ3v) is 2.47. The van der Waals surface area contributed by atoms with Crippen LogP contribution < -0.4 is 0 Å². The van der Waals surface area contributed by atoms with Gasteiger partial charge >= 0.3 is 6.18 Å². The molecule has 0 aliphatic rings. The average Bonchev–Trinajstić information content (AvgIpc) is 1.92. The quantitative estimate of drug-likeness (QED) is 0.528. The predicted octanol–water partition coefficient (Wildman–Crippen LogP) is 3.01. The molecule has 0 aliphatic heterocycles. The van der Waals surface area contributed by atoms with Crippen molar-refractivity contribution in [3.63, 3.8) is 0 Å². The van der Waals surface area contributed by atoms with E-state index in [4.69, 9.17) is 0 Å². The highest BCUT2D eigenvalue weighted by atomic mass is 127. The molecule has 1 nitrogen and oxygen atoms in total. The first-order chi connectivity index (χ1) is 5.41. The van der Waals surface area contributed by atoms with Crippen LogP contribution in [0.4, 0.5) is 13.2 Å². The van der Waals surface area contributed by atoms with Crippen molar-refractivity contribution in [2.24, 2.45) is 0 Å². The summed E-state index contributed by atoms with van der Waals surface area (Å²) in [5.74, 6) is 0. The number of aryl methyl sites for hydroxylation is 1. The molecule has 1 aromatic heterocycles. The van der Waals surface area contributed by atoms with Crippen molar-refractivity contribution in [2.45, 2.75) is 13.1 Å². The molecule has 0 aliphatic carbocycles. The molecule has 1 aromatic rings. The molecule has 0 amide bonds. The maximum Gasteiger partial charge on any atom is 0.417 e. The van der Waals surface area contributed by atoms with E-state index in [9.17, 15) is 13.2 Å². The normalized spacial score (nSPS) is 11.8. The van der Waals surface area contributed by atoms with Crippen LogP contribution in [0.3, 0.4) is 0 Å². The van der Waals surface area contributed by atoms with Crippen LogP contribution in [0, 0.1) is 10.6 Å². The number of hydrogen-bond acceptors (Lipinski definition) is 1. The topological polar surface area (TPSA) is 12.9 Å². The Kier molecular flexibility index (Phi) is 2.60. The fourth-order valence-corrected chi connectivity index (χ4v) is 1.01. The van der Waals surface area contributed by atoms with E-state index < -0.39 is 11.7 Å². The maximum atomic E-state index is 12.1. The molecule has 0 fully saturated rings. The van der Waals surface area contributed by atoms with E-state index in [0.29, 0.717) is 9.26 Å². The molecule has 0 bridgehead atoms. The molecule has 0 unspecified atom stereocenters. The molecule has 0 aromatic carbocycles. The summed E-state index contributed by atoms with van der Waals surface area (Å²) in [6.07, 6.45) is -3.45. The van der Waals surface area contributed by atoms with Gasteiger partial charge in [0.2, 0.25) is 0 Å². The smallest absolute Gasteiger partial charge is 0.249 e. The molecule has 0 spiro atoms. The van der Waals surface area contributed by atoms with Crippen molar-refractivity contribution in [3.8, 4) is 0 Å². The van der Waals surface area contributed by atoms with Gasteiger partial charge in [0.05, 0.1) is 5.56 Å². The number of hydrogen-bond donors (Lipinski definition) is 0. The van der Waals surface area contributed by atoms with Crippen LogP contribution in [0.15, 0.2) is 12.3 Å². The standard InChI is InChI=1S/C7H5F3IN/c1-4-2-5(7(8,9)10)3-12-6(4)11/h2-3H,1H3. The van der Waals surface area contributed by atoms with Crippen molar-refractivity contribution in [1.29, 1.82) is 0 Å². The van der Waals surface area contributed by atoms with Gasteiger partial charge in [-0.05, 0) is 41.1 Å². The van der Waals surface area contributed by atoms with E-state index in [1.54, 1.807) is 6.92 Å². The summed E-state index contributed by atoms with van der Waals surface area (Å²) < 4.78 is 36.8. The van der Waals surface area contributed by atoms with Gasteiger partial charge in [-0.3, -0.25) is 0 Å². The lowest BCUT2D eigenvalue weighted by Gasteiger charge is -2.06. The first-order valence-corrected chi connectivity index (χ1v) is 4.18. The third kappa shape index (κ3) is 2.09. The number of alkyl halides is 3. The van der Waals surface area contributed by atoms with Crippen LogP contribution in [0.5, 0.6) is 0 Å². The van der Waals surface area contributed by atoms with Gasteiger partial charge in [0.25, 0.3) is 0 Å². The molecule has 0 radical (unpaired) electrons. The fraction of sp³-hybridized carbons (Fsp3) is 0.286. The summed E-state index contributed by atoms with van der Waals surface area (Å²) in [5, 5.41) is 0. The van der Waals surface area contributed by atoms with Crippen LogP contribution in [0.2, 0.25) is 0 Å². The Balaban J connectivity index is 3.14. The third-order valence-electron chi connectivity index (χ3n) is 1.34. The van der Waals surface area contributed by atoms with E-state index in [1.807, 2.05) is 22.6 Å². The maximum absolute atomic E-state index is 12.1. The number of rotatable bonds is 0. The Morgan fingerprint density at radius 2 is 2.00 bits per heavy atom. The minimum absolute atomic E-state index is 0.547. The monoisotopic (exact) mass is 287 g/mol. The Morgan fingerprint density at radius 3 is 2.42 bits per heavy atom. The summed E-state index contributed by atoms with van der Waals surface area (Å²) in [4.78, 5) is 3.61. The summed E-state index contributed by atoms with van der Waals surface area (Å²) in [6.45, 7) is 1.60. The van der Waals surface area contributed by atoms with Gasteiger partial charge in [-0.2, -0.15) is 13.2 Å². The Morgan fingerprint density at radius 1 is 1.42 bits per heavy atom. The van der Waals surface area contributed by atoms with Crippen molar-refractivity contribution < 1.29 is 13.2 Å². The lowest BCUT2D eigenvalue weighted by atomic mass is 10.2. The van der Waals surface area contributed by atoms with Crippen LogP contribution in [0.25, 0.3) is 0 Å². The second kappa shape index (κ2) is 3.20. The van der Waals surface area contributed by atoms with Crippen LogP contribution in [0.1, 0.15) is 11.1 Å². The Hall–Kier alpha value is -0.330. The van der Waals surface area contributed by atoms with E-state index >= 15 is 0 Å². The number of halogens is 4. The first kappa shape index (κ1) is 9.76. The van der Waals surface area contributed by atoms with E-state index in [-0.39, 0.29) is 0 Å². The zero-order chi connectivity index (χ0) is 9.35. The van der Waals surface area contributed by atoms with E-state index in [0.717, 1.165) is 12.3 Å².